The largest absolute Gasteiger partial charge is 0.451 e. The molecule has 0 radical (unpaired) electrons. The van der Waals surface area contributed by atoms with E-state index in [1.165, 1.54) is 121 Å². The van der Waals surface area contributed by atoms with Crippen LogP contribution in [-0.2, 0) is 0 Å². The number of benzene rings is 17. The van der Waals surface area contributed by atoms with Crippen molar-refractivity contribution < 1.29 is 8.83 Å². The molecule has 0 saturated carbocycles. The van der Waals surface area contributed by atoms with E-state index in [1.807, 2.05) is 0 Å². The minimum absolute atomic E-state index is 0. The van der Waals surface area contributed by atoms with Gasteiger partial charge in [-0.15, -0.1) is 0 Å². The number of hydrogen-bond acceptors (Lipinski definition) is 6. The third-order valence-corrected chi connectivity index (χ3v) is 25.3. The van der Waals surface area contributed by atoms with Crippen molar-refractivity contribution in [1.29, 1.82) is 0 Å². The Hall–Kier alpha value is -16.1. The van der Waals surface area contributed by atoms with Crippen LogP contribution in [0.25, 0.3) is 237 Å². The lowest BCUT2D eigenvalue weighted by Gasteiger charge is -2.10. The molecule has 0 aliphatic carbocycles. The van der Waals surface area contributed by atoms with Gasteiger partial charge in [0, 0.05) is 114 Å². The van der Waals surface area contributed by atoms with Gasteiger partial charge in [0.05, 0.1) is 55.2 Å². The van der Waals surface area contributed by atoms with E-state index >= 15 is 0 Å². The van der Waals surface area contributed by atoms with Crippen LogP contribution in [0.1, 0.15) is 14.9 Å². The fourth-order valence-corrected chi connectivity index (χ4v) is 19.6. The fraction of sp³-hybridized carbons (Fsp3) is 0.0179. The van der Waals surface area contributed by atoms with Crippen molar-refractivity contribution in [2.75, 3.05) is 0 Å². The zero-order valence-electron chi connectivity index (χ0n) is 66.1. The van der Waals surface area contributed by atoms with Gasteiger partial charge in [0.1, 0.15) is 34.9 Å². The van der Waals surface area contributed by atoms with Crippen molar-refractivity contribution in [2.24, 2.45) is 0 Å². The Morgan fingerprint density at radius 3 is 1.06 bits per heavy atom. The molecule has 10 heterocycles. The van der Waals surface area contributed by atoms with E-state index in [4.69, 9.17) is 42.0 Å². The first-order valence-electron chi connectivity index (χ1n) is 41.3. The summed E-state index contributed by atoms with van der Waals surface area (Å²) in [6.45, 7) is 0. The Labute approximate surface area is 731 Å². The fourth-order valence-electron chi connectivity index (χ4n) is 19.2. The zero-order valence-corrected chi connectivity index (χ0v) is 67.6. The maximum absolute atomic E-state index is 6.91. The number of aromatic amines is 1. The van der Waals surface area contributed by atoms with Gasteiger partial charge in [0.2, 0.25) is 0 Å². The molecule has 17 aromatic carbocycles. The Bertz CT molecular complexity index is 9060. The van der Waals surface area contributed by atoms with Gasteiger partial charge in [0.25, 0.3) is 0 Å². The predicted octanol–water partition coefficient (Wildman–Crippen LogP) is 31.1. The molecule has 598 valence electrons. The average molecular weight is 1660 g/mol. The van der Waals surface area contributed by atoms with Crippen molar-refractivity contribution in [2.45, 2.75) is 14.9 Å². The summed E-state index contributed by atoms with van der Waals surface area (Å²) in [4.78, 5) is 21.6. The molecule has 27 rings (SSSR count). The van der Waals surface area contributed by atoms with Gasteiger partial charge in [-0.25, -0.2) is 19.9 Å². The lowest BCUT2D eigenvalue weighted by Crippen LogP contribution is -1.99. The van der Waals surface area contributed by atoms with Crippen molar-refractivity contribution in [3.63, 3.8) is 0 Å². The van der Waals surface area contributed by atoms with Gasteiger partial charge in [-0.1, -0.05) is 256 Å². The third-order valence-electron chi connectivity index (χ3n) is 24.8. The quantitative estimate of drug-likeness (QED) is 0.151. The van der Waals surface area contributed by atoms with Gasteiger partial charge in [-0.3, -0.25) is 4.57 Å². The van der Waals surface area contributed by atoms with Gasteiger partial charge >= 0.3 is 0 Å². The summed E-state index contributed by atoms with van der Waals surface area (Å²) in [5, 5.41) is 17.4. The number of halogens is 2. The number of fused-ring (bicyclic) bond motifs is 24. The highest BCUT2D eigenvalue weighted by Gasteiger charge is 2.25. The normalized spacial score (nSPS) is 11.8. The topological polar surface area (TPSA) is 118 Å². The first kappa shape index (κ1) is 74.9. The molecule has 0 bridgehead atoms. The summed E-state index contributed by atoms with van der Waals surface area (Å²) in [7, 11) is 0. The molecule has 0 amide bonds. The second-order valence-corrected chi connectivity index (χ2v) is 32.4. The average Bonchev–Trinajstić information content (AvgIpc) is 1.56. The monoisotopic (exact) mass is 1660 g/mol. The number of hydrogen-bond donors (Lipinski definition) is 1. The molecule has 12 nitrogen and oxygen atoms in total. The number of rotatable bonds is 8. The lowest BCUT2D eigenvalue weighted by molar-refractivity contribution is 0.662. The van der Waals surface area contributed by atoms with Gasteiger partial charge in [-0.05, 0) is 197 Å². The molecular weight excluding hydrogens is 1590 g/mol. The summed E-state index contributed by atoms with van der Waals surface area (Å²) in [6, 6.07) is 137. The number of nitrogens with one attached hydrogen (secondary N) is 1. The van der Waals surface area contributed by atoms with Gasteiger partial charge in [0.15, 0.2) is 22.1 Å². The van der Waals surface area contributed by atoms with Crippen LogP contribution in [0.3, 0.4) is 0 Å². The molecule has 10 aromatic heterocycles. The van der Waals surface area contributed by atoms with E-state index in [-0.39, 0.29) is 14.9 Å². The van der Waals surface area contributed by atoms with Crippen molar-refractivity contribution in [3.8, 4) is 61.9 Å². The Morgan fingerprint density at radius 1 is 0.222 bits per heavy atom. The van der Waals surface area contributed by atoms with Crippen molar-refractivity contribution in [1.82, 2.24) is 47.8 Å². The second-order valence-electron chi connectivity index (χ2n) is 31.6. The Kier molecular flexibility index (Phi) is 17.8. The molecule has 0 aliphatic heterocycles. The van der Waals surface area contributed by atoms with E-state index in [9.17, 15) is 0 Å². The third kappa shape index (κ3) is 11.9. The maximum Gasteiger partial charge on any atom is 0.197 e. The molecule has 0 aliphatic rings. The molecule has 0 spiro atoms. The molecular formula is C112H74Cl2N10O2. The molecule has 0 unspecified atom stereocenters. The molecule has 1 N–H and O–H groups in total. The standard InChI is InChI=1S/C70H42N6O.C30H20N2.C10H4Cl2N2O.2CH4/c1-3-15-47(16-4-1)73-60-24-12-9-21-52(60)56-37-43(29-34-63(56)73)45-27-32-54-50-19-7-11-23-59(50)75(65(54)39-45)49-31-36-67-58(41-49)68-69(77-67)70(72-42-71-68)76-62-26-14-8-20-51(62)55-33-28-46(40-66(55)76)44-30-35-64-57(38-44)53-22-10-13-25-61(53)74(64)48-17-5-2-6-18-48;1-2-8-22(9-3-1)32-29-13-7-5-11-25(29)26-18-20(15-17-30(26)32)21-14-16-24-23-10-4-6-12-27(23)31-28(24)19-21;11-5-1-2-7-6(3-5)8-9(15-7)10(12)14-4-13-8;;/h1-42H;1-19,31H;1-4H;2*1H4. The molecule has 0 atom stereocenters. The zero-order chi connectivity index (χ0) is 81.8. The first-order chi connectivity index (χ1) is 61.3. The Balaban J connectivity index is 0.000000151. The van der Waals surface area contributed by atoms with Gasteiger partial charge in [-0.2, -0.15) is 0 Å². The summed E-state index contributed by atoms with van der Waals surface area (Å²) >= 11 is 11.8. The summed E-state index contributed by atoms with van der Waals surface area (Å²) in [6.07, 6.45) is 3.08. The summed E-state index contributed by atoms with van der Waals surface area (Å²) < 4.78 is 24.2. The van der Waals surface area contributed by atoms with E-state index < -0.39 is 0 Å². The van der Waals surface area contributed by atoms with Crippen LogP contribution < -0.4 is 0 Å². The summed E-state index contributed by atoms with van der Waals surface area (Å²) in [5.74, 6) is 0.697. The summed E-state index contributed by atoms with van der Waals surface area (Å²) in [5.41, 5.74) is 29.5. The first-order valence-corrected chi connectivity index (χ1v) is 42.1. The van der Waals surface area contributed by atoms with Crippen LogP contribution in [0.4, 0.5) is 0 Å². The van der Waals surface area contributed by atoms with Crippen molar-refractivity contribution in [3.05, 3.63) is 405 Å². The van der Waals surface area contributed by atoms with Crippen LogP contribution in [0, 0.1) is 0 Å². The SMILES string of the molecule is C.C.Clc1ccc2oc3c(Cl)ncnc3c2c1.c1ccc(-n2c3ccccc3c3cc(-c4ccc5c(c4)[nH]c4ccccc45)ccc32)cc1.c1ccc(-n2c3ccccc3c3cc(-c4ccc5c6ccccc6n(-c6ccc7oc8c(-n9c%10ccccc%10c%10ccc(-c%11ccc%12c(c%11)c%11ccccc%11n%12-c%11ccccc%11)cc%109)ncnc8c7c6)c5c4)ccc32)cc1. The number of aromatic nitrogens is 10. The number of para-hydroxylation sites is 9. The number of nitrogens with zero attached hydrogens (tertiary/aromatic N) is 9. The van der Waals surface area contributed by atoms with Gasteiger partial charge < -0.3 is 32.1 Å². The van der Waals surface area contributed by atoms with Crippen LogP contribution >= 0.6 is 23.2 Å². The highest BCUT2D eigenvalue weighted by Crippen LogP contribution is 2.45. The van der Waals surface area contributed by atoms with E-state index in [0.29, 0.717) is 38.3 Å². The highest BCUT2D eigenvalue weighted by atomic mass is 35.5. The molecule has 0 fully saturated rings. The molecule has 0 saturated heterocycles. The second kappa shape index (κ2) is 29.9. The molecule has 27 aromatic rings. The van der Waals surface area contributed by atoms with Crippen LogP contribution in [0.15, 0.2) is 404 Å². The number of furan rings is 2. The van der Waals surface area contributed by atoms with Crippen LogP contribution in [-0.4, -0.2) is 47.8 Å². The molecule has 14 heteroatoms. The van der Waals surface area contributed by atoms with Crippen LogP contribution in [0.2, 0.25) is 10.2 Å². The van der Waals surface area contributed by atoms with E-state index in [0.717, 1.165) is 94.0 Å². The lowest BCUT2D eigenvalue weighted by atomic mass is 10.0. The predicted molar refractivity (Wildman–Crippen MR) is 526 cm³/mol. The minimum Gasteiger partial charge on any atom is -0.451 e. The van der Waals surface area contributed by atoms with E-state index in [2.05, 4.69) is 402 Å². The molecule has 126 heavy (non-hydrogen) atoms. The maximum atomic E-state index is 6.91. The Morgan fingerprint density at radius 2 is 0.563 bits per heavy atom. The smallest absolute Gasteiger partial charge is 0.197 e. The minimum atomic E-state index is 0. The number of H-pyrrole nitrogens is 1. The highest BCUT2D eigenvalue weighted by molar-refractivity contribution is 6.35. The van der Waals surface area contributed by atoms with Crippen molar-refractivity contribution >= 4 is 198 Å². The van der Waals surface area contributed by atoms with E-state index in [1.54, 1.807) is 24.5 Å². The van der Waals surface area contributed by atoms with Crippen LogP contribution in [0.5, 0.6) is 0 Å².